The van der Waals surface area contributed by atoms with Crippen LogP contribution in [-0.4, -0.2) is 14.5 Å². The van der Waals surface area contributed by atoms with Gasteiger partial charge in [0, 0.05) is 6.20 Å². The van der Waals surface area contributed by atoms with Crippen molar-refractivity contribution in [1.82, 2.24) is 14.5 Å². The highest BCUT2D eigenvalue weighted by Crippen LogP contribution is 2.34. The maximum atomic E-state index is 6.27. The highest BCUT2D eigenvalue weighted by Gasteiger charge is 2.19. The Balaban J connectivity index is 2.39. The van der Waals surface area contributed by atoms with Crippen LogP contribution >= 0.6 is 50.7 Å². The van der Waals surface area contributed by atoms with Gasteiger partial charge in [0.1, 0.15) is 11.3 Å². The molecule has 1 atom stereocenters. The number of pyridine rings is 1. The Morgan fingerprint density at radius 2 is 2.05 bits per heavy atom. The third-order valence-corrected chi connectivity index (χ3v) is 4.80. The Hall–Kier alpha value is -0.810. The summed E-state index contributed by atoms with van der Waals surface area (Å²) in [5.41, 5.74) is 2.21. The first-order valence-corrected chi connectivity index (χ1v) is 8.10. The van der Waals surface area contributed by atoms with Crippen LogP contribution in [0.3, 0.4) is 0 Å². The van der Waals surface area contributed by atoms with Crippen molar-refractivity contribution in [1.29, 1.82) is 0 Å². The number of halogens is 4. The fourth-order valence-corrected chi connectivity index (χ4v) is 3.04. The Morgan fingerprint density at radius 3 is 2.76 bits per heavy atom. The normalized spacial score (nSPS) is 12.8. The van der Waals surface area contributed by atoms with Crippen LogP contribution in [0, 0.1) is 0 Å². The third kappa shape index (κ3) is 2.66. The lowest BCUT2D eigenvalue weighted by atomic mass is 10.3. The summed E-state index contributed by atoms with van der Waals surface area (Å²) in [5, 5.41) is 0.853. The van der Waals surface area contributed by atoms with E-state index in [0.717, 1.165) is 10.2 Å². The van der Waals surface area contributed by atoms with E-state index in [1.807, 2.05) is 29.7 Å². The summed E-state index contributed by atoms with van der Waals surface area (Å²) in [6.07, 6.45) is 1.59. The molecule has 21 heavy (non-hydrogen) atoms. The molecule has 0 radical (unpaired) electrons. The Labute approximate surface area is 145 Å². The number of hydrogen-bond acceptors (Lipinski definition) is 2. The molecular weight excluding hydrogens is 396 g/mol. The quantitative estimate of drug-likeness (QED) is 0.505. The van der Waals surface area contributed by atoms with E-state index in [4.69, 9.17) is 34.8 Å². The van der Waals surface area contributed by atoms with E-state index in [0.29, 0.717) is 27.0 Å². The van der Waals surface area contributed by atoms with E-state index < -0.39 is 0 Å². The molecule has 0 bridgehead atoms. The first-order valence-electron chi connectivity index (χ1n) is 6.11. The van der Waals surface area contributed by atoms with E-state index >= 15 is 0 Å². The fourth-order valence-electron chi connectivity index (χ4n) is 2.13. The average Bonchev–Trinajstić information content (AvgIpc) is 2.80. The zero-order chi connectivity index (χ0) is 15.1. The molecule has 1 unspecified atom stereocenters. The minimum atomic E-state index is -0.288. The molecule has 0 saturated carbocycles. The Morgan fingerprint density at radius 1 is 1.29 bits per heavy atom. The number of imidazole rings is 1. The smallest absolute Gasteiger partial charge is 0.164 e. The lowest BCUT2D eigenvalue weighted by Crippen LogP contribution is -2.03. The lowest BCUT2D eigenvalue weighted by Gasteiger charge is -2.12. The van der Waals surface area contributed by atoms with Gasteiger partial charge in [0.2, 0.25) is 0 Å². The molecule has 0 fully saturated rings. The Kier molecular flexibility index (Phi) is 4.14. The molecule has 0 saturated heterocycles. The molecule has 0 N–H and O–H groups in total. The van der Waals surface area contributed by atoms with Crippen LogP contribution in [0.4, 0.5) is 0 Å². The number of rotatable bonds is 2. The second-order valence-corrected chi connectivity index (χ2v) is 6.78. The maximum Gasteiger partial charge on any atom is 0.164 e. The second kappa shape index (κ2) is 5.76. The lowest BCUT2D eigenvalue weighted by molar-refractivity contribution is 0.874. The zero-order valence-corrected chi connectivity index (χ0v) is 14.7. The van der Waals surface area contributed by atoms with Crippen LogP contribution in [0.2, 0.25) is 10.0 Å². The van der Waals surface area contributed by atoms with Crippen LogP contribution in [-0.2, 0) is 0 Å². The third-order valence-electron chi connectivity index (χ3n) is 3.02. The largest absolute Gasteiger partial charge is 0.278 e. The summed E-state index contributed by atoms with van der Waals surface area (Å²) in [6.45, 7) is 1.86. The maximum absolute atomic E-state index is 6.27. The van der Waals surface area contributed by atoms with E-state index in [2.05, 4.69) is 25.9 Å². The monoisotopic (exact) mass is 403 g/mol. The van der Waals surface area contributed by atoms with E-state index in [9.17, 15) is 0 Å². The van der Waals surface area contributed by atoms with Gasteiger partial charge in [-0.15, -0.1) is 11.6 Å². The molecule has 3 aromatic rings. The van der Waals surface area contributed by atoms with Gasteiger partial charge in [-0.25, -0.2) is 9.97 Å². The predicted molar refractivity (Wildman–Crippen MR) is 90.9 cm³/mol. The molecule has 0 spiro atoms. The molecule has 108 valence electrons. The van der Waals surface area contributed by atoms with Crippen molar-refractivity contribution in [3.05, 3.63) is 50.8 Å². The van der Waals surface area contributed by atoms with Crippen molar-refractivity contribution in [3.63, 3.8) is 0 Å². The number of benzene rings is 1. The number of fused-ring (bicyclic) bond motifs is 1. The molecule has 0 aliphatic rings. The minimum Gasteiger partial charge on any atom is -0.278 e. The van der Waals surface area contributed by atoms with Gasteiger partial charge in [-0.1, -0.05) is 29.3 Å². The van der Waals surface area contributed by atoms with E-state index in [-0.39, 0.29) is 5.38 Å². The molecule has 3 nitrogen and oxygen atoms in total. The molecular formula is C14H9BrCl3N3. The molecule has 2 heterocycles. The molecule has 0 aliphatic heterocycles. The highest BCUT2D eigenvalue weighted by atomic mass is 79.9. The van der Waals surface area contributed by atoms with Crippen molar-refractivity contribution in [2.75, 3.05) is 0 Å². The van der Waals surface area contributed by atoms with Crippen molar-refractivity contribution in [2.24, 2.45) is 0 Å². The van der Waals surface area contributed by atoms with Crippen molar-refractivity contribution in [3.8, 4) is 5.69 Å². The second-order valence-electron chi connectivity index (χ2n) is 4.49. The zero-order valence-electron chi connectivity index (χ0n) is 10.8. The van der Waals surface area contributed by atoms with Gasteiger partial charge >= 0.3 is 0 Å². The van der Waals surface area contributed by atoms with Gasteiger partial charge < -0.3 is 0 Å². The average molecular weight is 406 g/mol. The van der Waals surface area contributed by atoms with Crippen LogP contribution < -0.4 is 0 Å². The highest BCUT2D eigenvalue weighted by molar-refractivity contribution is 9.10. The first kappa shape index (κ1) is 15.1. The van der Waals surface area contributed by atoms with Crippen LogP contribution in [0.25, 0.3) is 16.9 Å². The molecule has 7 heteroatoms. The van der Waals surface area contributed by atoms with E-state index in [1.165, 1.54) is 0 Å². The predicted octanol–water partition coefficient (Wildman–Crippen LogP) is 5.79. The number of nitrogens with zero attached hydrogens (tertiary/aromatic N) is 3. The number of alkyl halides is 1. The van der Waals surface area contributed by atoms with Gasteiger partial charge in [0.15, 0.2) is 5.65 Å². The molecule has 2 aromatic heterocycles. The summed E-state index contributed by atoms with van der Waals surface area (Å²) < 4.78 is 2.65. The van der Waals surface area contributed by atoms with Gasteiger partial charge in [-0.3, -0.25) is 4.57 Å². The summed E-state index contributed by atoms with van der Waals surface area (Å²) in [4.78, 5) is 8.92. The first-order chi connectivity index (χ1) is 9.99. The summed E-state index contributed by atoms with van der Waals surface area (Å²) in [5.74, 6) is 0.685. The Bertz CT molecular complexity index is 830. The molecule has 0 aliphatic carbocycles. The fraction of sp³-hybridized carbons (Fsp3) is 0.143. The molecule has 0 amide bonds. The summed E-state index contributed by atoms with van der Waals surface area (Å²) in [7, 11) is 0. The number of aromatic nitrogens is 3. The van der Waals surface area contributed by atoms with Gasteiger partial charge in [0.25, 0.3) is 0 Å². The van der Waals surface area contributed by atoms with Gasteiger partial charge in [-0.2, -0.15) is 0 Å². The summed E-state index contributed by atoms with van der Waals surface area (Å²) in [6, 6.07) is 7.37. The SMILES string of the molecule is CC(Cl)c1nc2cc(Cl)cnc2n1-c1cccc(Cl)c1Br. The minimum absolute atomic E-state index is 0.288. The van der Waals surface area contributed by atoms with Gasteiger partial charge in [0.05, 0.1) is 25.6 Å². The van der Waals surface area contributed by atoms with Crippen LogP contribution in [0.1, 0.15) is 18.1 Å². The van der Waals surface area contributed by atoms with Gasteiger partial charge in [-0.05, 0) is 41.1 Å². The topological polar surface area (TPSA) is 30.7 Å². The molecule has 1 aromatic carbocycles. The van der Waals surface area contributed by atoms with Crippen molar-refractivity contribution >= 4 is 61.9 Å². The van der Waals surface area contributed by atoms with Crippen LogP contribution in [0.15, 0.2) is 34.9 Å². The standard InChI is InChI=1S/C14H9BrCl3N3/c1-7(16)13-20-10-5-8(17)6-19-14(10)21(13)11-4-2-3-9(18)12(11)15/h2-7H,1H3. The number of hydrogen-bond donors (Lipinski definition) is 0. The van der Waals surface area contributed by atoms with Crippen molar-refractivity contribution < 1.29 is 0 Å². The van der Waals surface area contributed by atoms with Crippen LogP contribution in [0.5, 0.6) is 0 Å². The molecule has 3 rings (SSSR count). The summed E-state index contributed by atoms with van der Waals surface area (Å²) >= 11 is 21.9. The van der Waals surface area contributed by atoms with Crippen molar-refractivity contribution in [2.45, 2.75) is 12.3 Å². The van der Waals surface area contributed by atoms with E-state index in [1.54, 1.807) is 12.3 Å².